The normalized spacial score (nSPS) is 9.90. The van der Waals surface area contributed by atoms with Crippen LogP contribution in [0, 0.1) is 0 Å². The Morgan fingerprint density at radius 1 is 1.10 bits per heavy atom. The summed E-state index contributed by atoms with van der Waals surface area (Å²) in [6.07, 6.45) is 0. The van der Waals surface area contributed by atoms with Crippen molar-refractivity contribution in [2.45, 2.75) is 11.4 Å². The maximum atomic E-state index is 5.56. The topological polar surface area (TPSA) is 9.23 Å². The van der Waals surface area contributed by atoms with Gasteiger partial charge in [-0.15, -0.1) is 0 Å². The van der Waals surface area contributed by atoms with Gasteiger partial charge in [0.1, 0.15) is 0 Å². The van der Waals surface area contributed by atoms with Gasteiger partial charge in [0.2, 0.25) is 0 Å². The SMILES string of the molecule is C[As](C)Oc1ccccc1. The second kappa shape index (κ2) is 3.68. The van der Waals surface area contributed by atoms with Gasteiger partial charge in [-0.1, -0.05) is 0 Å². The number of benzene rings is 1. The van der Waals surface area contributed by atoms with Gasteiger partial charge in [0.05, 0.1) is 0 Å². The molecule has 0 unspecified atom stereocenters. The van der Waals surface area contributed by atoms with Gasteiger partial charge in [0.25, 0.3) is 0 Å². The minimum atomic E-state index is -0.955. The fraction of sp³-hybridized carbons (Fsp3) is 0.250. The molecule has 0 atom stereocenters. The van der Waals surface area contributed by atoms with Crippen LogP contribution in [0.15, 0.2) is 30.3 Å². The molecule has 0 saturated carbocycles. The van der Waals surface area contributed by atoms with Crippen LogP contribution in [0.4, 0.5) is 0 Å². The molecule has 1 rings (SSSR count). The minimum absolute atomic E-state index is 0.955. The van der Waals surface area contributed by atoms with Gasteiger partial charge in [-0.25, -0.2) is 0 Å². The van der Waals surface area contributed by atoms with Crippen LogP contribution < -0.4 is 3.73 Å². The number of para-hydroxylation sites is 1. The summed E-state index contributed by atoms with van der Waals surface area (Å²) in [7, 11) is 0. The monoisotopic (exact) mass is 198 g/mol. The third kappa shape index (κ3) is 2.45. The molecule has 54 valence electrons. The van der Waals surface area contributed by atoms with E-state index < -0.39 is 15.0 Å². The number of hydrogen-bond acceptors (Lipinski definition) is 1. The molecule has 1 aromatic carbocycles. The number of rotatable bonds is 2. The van der Waals surface area contributed by atoms with E-state index in [1.54, 1.807) is 0 Å². The summed E-state index contributed by atoms with van der Waals surface area (Å²) in [6, 6.07) is 9.97. The maximum absolute atomic E-state index is 5.56. The molecule has 0 radical (unpaired) electrons. The van der Waals surface area contributed by atoms with E-state index in [-0.39, 0.29) is 0 Å². The molecule has 0 aliphatic carbocycles. The molecule has 1 aromatic rings. The van der Waals surface area contributed by atoms with Crippen molar-refractivity contribution in [2.24, 2.45) is 0 Å². The molecule has 0 amide bonds. The standard InChI is InChI=1S/C8H11AsO/c1-9(2)10-8-6-4-3-5-7-8/h3-7H,1-2H3. The summed E-state index contributed by atoms with van der Waals surface area (Å²) < 4.78 is 5.56. The Labute approximate surface area is 66.6 Å². The van der Waals surface area contributed by atoms with Crippen molar-refractivity contribution in [3.63, 3.8) is 0 Å². The Bertz CT molecular complexity index is 184. The van der Waals surface area contributed by atoms with Crippen LogP contribution in [-0.4, -0.2) is 15.0 Å². The Balaban J connectivity index is 2.59. The van der Waals surface area contributed by atoms with E-state index >= 15 is 0 Å². The molecule has 0 aromatic heterocycles. The van der Waals surface area contributed by atoms with Gasteiger partial charge in [-0.2, -0.15) is 0 Å². The average Bonchev–Trinajstić information content (AvgIpc) is 1.88. The van der Waals surface area contributed by atoms with Crippen LogP contribution in [0.1, 0.15) is 0 Å². The molecule has 2 heteroatoms. The van der Waals surface area contributed by atoms with Gasteiger partial charge in [0.15, 0.2) is 0 Å². The molecule has 0 spiro atoms. The van der Waals surface area contributed by atoms with Crippen LogP contribution in [0.5, 0.6) is 5.75 Å². The molecule has 1 nitrogen and oxygen atoms in total. The fourth-order valence-electron chi connectivity index (χ4n) is 0.692. The molecule has 0 fully saturated rings. The van der Waals surface area contributed by atoms with Gasteiger partial charge < -0.3 is 0 Å². The summed E-state index contributed by atoms with van der Waals surface area (Å²) in [5.74, 6) is 1.01. The molecular formula is C8H11AsO. The van der Waals surface area contributed by atoms with E-state index in [0.29, 0.717) is 0 Å². The first-order chi connectivity index (χ1) is 4.79. The first-order valence-corrected chi connectivity index (χ1v) is 7.71. The average molecular weight is 198 g/mol. The zero-order chi connectivity index (χ0) is 7.40. The van der Waals surface area contributed by atoms with E-state index in [1.165, 1.54) is 0 Å². The second-order valence-corrected chi connectivity index (χ2v) is 6.01. The van der Waals surface area contributed by atoms with Crippen molar-refractivity contribution in [2.75, 3.05) is 0 Å². The molecule has 0 aliphatic heterocycles. The molecule has 0 bridgehead atoms. The Morgan fingerprint density at radius 3 is 2.20 bits per heavy atom. The second-order valence-electron chi connectivity index (χ2n) is 2.22. The molecule has 0 heterocycles. The molecule has 0 saturated heterocycles. The summed E-state index contributed by atoms with van der Waals surface area (Å²) in [5, 5.41) is 0. The summed E-state index contributed by atoms with van der Waals surface area (Å²) in [4.78, 5) is 0. The Hall–Kier alpha value is -0.422. The van der Waals surface area contributed by atoms with Gasteiger partial charge in [-0.05, 0) is 0 Å². The van der Waals surface area contributed by atoms with Gasteiger partial charge in [0, 0.05) is 0 Å². The fourth-order valence-corrected chi connectivity index (χ4v) is 1.83. The first kappa shape index (κ1) is 7.68. The van der Waals surface area contributed by atoms with Crippen LogP contribution >= 0.6 is 0 Å². The first-order valence-electron chi connectivity index (χ1n) is 3.19. The van der Waals surface area contributed by atoms with Crippen LogP contribution in [0.25, 0.3) is 0 Å². The third-order valence-corrected chi connectivity index (χ3v) is 2.24. The van der Waals surface area contributed by atoms with Crippen LogP contribution in [0.2, 0.25) is 11.4 Å². The van der Waals surface area contributed by atoms with Crippen LogP contribution in [0.3, 0.4) is 0 Å². The van der Waals surface area contributed by atoms with Gasteiger partial charge in [-0.3, -0.25) is 0 Å². The van der Waals surface area contributed by atoms with Crippen molar-refractivity contribution < 1.29 is 3.73 Å². The van der Waals surface area contributed by atoms with Crippen molar-refractivity contribution in [3.05, 3.63) is 30.3 Å². The van der Waals surface area contributed by atoms with E-state index in [9.17, 15) is 0 Å². The summed E-state index contributed by atoms with van der Waals surface area (Å²) in [6.45, 7) is 0. The third-order valence-electron chi connectivity index (χ3n) is 1.03. The number of hydrogen-bond donors (Lipinski definition) is 0. The molecule has 0 N–H and O–H groups in total. The summed E-state index contributed by atoms with van der Waals surface area (Å²) >= 11 is -0.955. The molecular weight excluding hydrogens is 187 g/mol. The van der Waals surface area contributed by atoms with Crippen LogP contribution in [-0.2, 0) is 0 Å². The van der Waals surface area contributed by atoms with E-state index in [1.807, 2.05) is 30.3 Å². The molecule has 10 heavy (non-hydrogen) atoms. The van der Waals surface area contributed by atoms with Crippen molar-refractivity contribution in [1.82, 2.24) is 0 Å². The Morgan fingerprint density at radius 2 is 1.70 bits per heavy atom. The Kier molecular flexibility index (Phi) is 2.82. The van der Waals surface area contributed by atoms with Crippen molar-refractivity contribution in [3.8, 4) is 5.75 Å². The van der Waals surface area contributed by atoms with Gasteiger partial charge >= 0.3 is 66.2 Å². The van der Waals surface area contributed by atoms with Crippen molar-refractivity contribution >= 4 is 15.0 Å². The summed E-state index contributed by atoms with van der Waals surface area (Å²) in [5.41, 5.74) is 4.33. The molecule has 0 aliphatic rings. The van der Waals surface area contributed by atoms with Crippen molar-refractivity contribution in [1.29, 1.82) is 0 Å². The van der Waals surface area contributed by atoms with E-state index in [2.05, 4.69) is 11.4 Å². The zero-order valence-corrected chi connectivity index (χ0v) is 8.12. The predicted octanol–water partition coefficient (Wildman–Crippen LogP) is 2.32. The zero-order valence-electron chi connectivity index (χ0n) is 6.24. The van der Waals surface area contributed by atoms with E-state index in [4.69, 9.17) is 3.73 Å². The predicted molar refractivity (Wildman–Crippen MR) is 44.6 cm³/mol. The quantitative estimate of drug-likeness (QED) is 0.662. The van der Waals surface area contributed by atoms with E-state index in [0.717, 1.165) is 5.75 Å².